The van der Waals surface area contributed by atoms with E-state index in [0.717, 1.165) is 20.6 Å². The average Bonchev–Trinajstić information content (AvgIpc) is 2.28. The van der Waals surface area contributed by atoms with Crippen molar-refractivity contribution in [1.29, 1.82) is 0 Å². The summed E-state index contributed by atoms with van der Waals surface area (Å²) in [6.07, 6.45) is 0. The Morgan fingerprint density at radius 3 is 1.69 bits per heavy atom. The number of hydrogen-bond donors (Lipinski definition) is 0. The highest BCUT2D eigenvalue weighted by molar-refractivity contribution is 9.10. The molecule has 0 spiro atoms. The van der Waals surface area contributed by atoms with Crippen molar-refractivity contribution in [3.63, 3.8) is 0 Å². The van der Waals surface area contributed by atoms with Crippen molar-refractivity contribution in [2.24, 2.45) is 0 Å². The van der Waals surface area contributed by atoms with E-state index in [0.29, 0.717) is 0 Å². The predicted molar refractivity (Wildman–Crippen MR) is 71.6 cm³/mol. The summed E-state index contributed by atoms with van der Waals surface area (Å²) in [4.78, 5) is 8.62. The molecule has 0 bridgehead atoms. The van der Waals surface area contributed by atoms with E-state index in [1.165, 1.54) is 0 Å². The highest BCUT2D eigenvalue weighted by Gasteiger charge is 2.13. The molecule has 0 amide bonds. The number of hydrogen-bond acceptors (Lipinski definition) is 2. The first-order valence-electron chi connectivity index (χ1n) is 4.56. The molecule has 2 nitrogen and oxygen atoms in total. The molecule has 0 aliphatic heterocycles. The van der Waals surface area contributed by atoms with Gasteiger partial charge in [-0.3, -0.25) is 0 Å². The maximum Gasteiger partial charge on any atom is 0.118 e. The highest BCUT2D eigenvalue weighted by atomic mass is 79.9. The maximum absolute atomic E-state index is 6.31. The molecule has 5 heteroatoms. The zero-order valence-corrected chi connectivity index (χ0v) is 12.0. The number of pyridine rings is 2. The lowest BCUT2D eigenvalue weighted by atomic mass is 10.2. The summed E-state index contributed by atoms with van der Waals surface area (Å²) in [5.74, 6) is 0. The molecular weight excluding hydrogens is 355 g/mol. The Balaban J connectivity index is 2.35. The van der Waals surface area contributed by atoms with Crippen LogP contribution in [0.3, 0.4) is 0 Å². The van der Waals surface area contributed by atoms with Gasteiger partial charge in [0.25, 0.3) is 0 Å². The minimum Gasteiger partial charge on any atom is -0.244 e. The van der Waals surface area contributed by atoms with Crippen molar-refractivity contribution in [2.45, 2.75) is 5.38 Å². The summed E-state index contributed by atoms with van der Waals surface area (Å²) in [7, 11) is 0. The molecule has 0 saturated carbocycles. The summed E-state index contributed by atoms with van der Waals surface area (Å²) < 4.78 is 1.54. The lowest BCUT2D eigenvalue weighted by molar-refractivity contribution is 0.964. The number of aromatic nitrogens is 2. The molecule has 16 heavy (non-hydrogen) atoms. The lowest BCUT2D eigenvalue weighted by Crippen LogP contribution is -1.99. The van der Waals surface area contributed by atoms with Gasteiger partial charge in [-0.2, -0.15) is 0 Å². The average molecular weight is 362 g/mol. The molecular formula is C11H7Br2ClN2. The molecule has 0 fully saturated rings. The third-order valence-electron chi connectivity index (χ3n) is 1.99. The molecule has 2 rings (SSSR count). The van der Waals surface area contributed by atoms with Crippen molar-refractivity contribution in [2.75, 3.05) is 0 Å². The zero-order chi connectivity index (χ0) is 11.5. The van der Waals surface area contributed by atoms with Crippen molar-refractivity contribution < 1.29 is 0 Å². The summed E-state index contributed by atoms with van der Waals surface area (Å²) >= 11 is 12.9. The quantitative estimate of drug-likeness (QED) is 0.587. The Labute approximate surface area is 115 Å². The second kappa shape index (κ2) is 5.25. The summed E-state index contributed by atoms with van der Waals surface area (Å²) in [6.45, 7) is 0. The standard InChI is InChI=1S/C11H7Br2ClN2/c12-9-5-1-3-7(15-9)11(14)8-4-2-6-10(13)16-8/h1-6,11H. The van der Waals surface area contributed by atoms with E-state index in [-0.39, 0.29) is 5.38 Å². The molecule has 82 valence electrons. The van der Waals surface area contributed by atoms with Gasteiger partial charge in [-0.05, 0) is 56.1 Å². The molecule has 0 unspecified atom stereocenters. The smallest absolute Gasteiger partial charge is 0.118 e. The third-order valence-corrected chi connectivity index (χ3v) is 3.32. The predicted octanol–water partition coefficient (Wildman–Crippen LogP) is 4.33. The lowest BCUT2D eigenvalue weighted by Gasteiger charge is -2.08. The Bertz CT molecular complexity index is 459. The van der Waals surface area contributed by atoms with E-state index in [1.807, 2.05) is 36.4 Å². The van der Waals surface area contributed by atoms with E-state index in [9.17, 15) is 0 Å². The largest absolute Gasteiger partial charge is 0.244 e. The number of alkyl halides is 1. The van der Waals surface area contributed by atoms with Crippen LogP contribution in [-0.4, -0.2) is 9.97 Å². The number of halogens is 3. The van der Waals surface area contributed by atoms with E-state index in [2.05, 4.69) is 41.8 Å². The van der Waals surface area contributed by atoms with Crippen LogP contribution in [0.5, 0.6) is 0 Å². The highest BCUT2D eigenvalue weighted by Crippen LogP contribution is 2.27. The van der Waals surface area contributed by atoms with E-state index in [4.69, 9.17) is 11.6 Å². The van der Waals surface area contributed by atoms with Crippen LogP contribution in [0.2, 0.25) is 0 Å². The van der Waals surface area contributed by atoms with Gasteiger partial charge in [-0.1, -0.05) is 12.1 Å². The van der Waals surface area contributed by atoms with Crippen LogP contribution in [0.1, 0.15) is 16.8 Å². The summed E-state index contributed by atoms with van der Waals surface area (Å²) in [6, 6.07) is 11.3. The maximum atomic E-state index is 6.31. The molecule has 0 atom stereocenters. The van der Waals surface area contributed by atoms with Crippen LogP contribution >= 0.6 is 43.5 Å². The third kappa shape index (κ3) is 2.81. The van der Waals surface area contributed by atoms with E-state index >= 15 is 0 Å². The number of rotatable bonds is 2. The van der Waals surface area contributed by atoms with Gasteiger partial charge in [0.15, 0.2) is 0 Å². The van der Waals surface area contributed by atoms with Crippen LogP contribution in [0.15, 0.2) is 45.6 Å². The van der Waals surface area contributed by atoms with Crippen molar-refractivity contribution in [3.05, 3.63) is 57.0 Å². The second-order valence-electron chi connectivity index (χ2n) is 3.13. The van der Waals surface area contributed by atoms with Gasteiger partial charge in [0.05, 0.1) is 11.4 Å². The fourth-order valence-electron chi connectivity index (χ4n) is 1.28. The molecule has 0 N–H and O–H groups in total. The first kappa shape index (κ1) is 12.0. The van der Waals surface area contributed by atoms with Crippen molar-refractivity contribution in [1.82, 2.24) is 9.97 Å². The van der Waals surface area contributed by atoms with Crippen molar-refractivity contribution in [3.8, 4) is 0 Å². The molecule has 0 aliphatic carbocycles. The van der Waals surface area contributed by atoms with Gasteiger partial charge in [-0.25, -0.2) is 9.97 Å². The van der Waals surface area contributed by atoms with Gasteiger partial charge in [0, 0.05) is 0 Å². The number of nitrogens with zero attached hydrogens (tertiary/aromatic N) is 2. The topological polar surface area (TPSA) is 25.8 Å². The second-order valence-corrected chi connectivity index (χ2v) is 5.19. The van der Waals surface area contributed by atoms with Crippen LogP contribution in [0.4, 0.5) is 0 Å². The van der Waals surface area contributed by atoms with E-state index in [1.54, 1.807) is 0 Å². The normalized spacial score (nSPS) is 10.8. The van der Waals surface area contributed by atoms with Gasteiger partial charge >= 0.3 is 0 Å². The van der Waals surface area contributed by atoms with Gasteiger partial charge in [-0.15, -0.1) is 11.6 Å². The Hall–Kier alpha value is -0.450. The fraction of sp³-hybridized carbons (Fsp3) is 0.0909. The SMILES string of the molecule is ClC(c1cccc(Br)n1)c1cccc(Br)n1. The molecule has 0 saturated heterocycles. The van der Waals surface area contributed by atoms with Crippen LogP contribution in [-0.2, 0) is 0 Å². The van der Waals surface area contributed by atoms with Crippen LogP contribution in [0.25, 0.3) is 0 Å². The van der Waals surface area contributed by atoms with Crippen LogP contribution < -0.4 is 0 Å². The minimum atomic E-state index is -0.338. The van der Waals surface area contributed by atoms with Gasteiger partial charge < -0.3 is 0 Å². The molecule has 2 aromatic heterocycles. The summed E-state index contributed by atoms with van der Waals surface area (Å²) in [5, 5.41) is -0.338. The first-order valence-corrected chi connectivity index (χ1v) is 6.58. The monoisotopic (exact) mass is 360 g/mol. The molecule has 0 aromatic carbocycles. The fourth-order valence-corrected chi connectivity index (χ4v) is 2.24. The van der Waals surface area contributed by atoms with E-state index < -0.39 is 0 Å². The molecule has 2 heterocycles. The Kier molecular flexibility index (Phi) is 3.95. The van der Waals surface area contributed by atoms with Crippen molar-refractivity contribution >= 4 is 43.5 Å². The van der Waals surface area contributed by atoms with Gasteiger partial charge in [0.2, 0.25) is 0 Å². The van der Waals surface area contributed by atoms with Gasteiger partial charge in [0.1, 0.15) is 14.6 Å². The first-order chi connectivity index (χ1) is 7.66. The zero-order valence-electron chi connectivity index (χ0n) is 8.07. The van der Waals surface area contributed by atoms with Crippen LogP contribution in [0, 0.1) is 0 Å². The molecule has 2 aromatic rings. The Morgan fingerprint density at radius 1 is 0.875 bits per heavy atom. The molecule has 0 radical (unpaired) electrons. The summed E-state index contributed by atoms with van der Waals surface area (Å²) in [5.41, 5.74) is 1.56. The minimum absolute atomic E-state index is 0.338. The molecule has 0 aliphatic rings. The Morgan fingerprint density at radius 2 is 1.31 bits per heavy atom.